The number of carbonyl (C=O) groups is 1. The zero-order chi connectivity index (χ0) is 17.7. The van der Waals surface area contributed by atoms with Crippen LogP contribution in [0.15, 0.2) is 52.0 Å². The fourth-order valence-corrected chi connectivity index (χ4v) is 3.42. The molecule has 1 amide bonds. The summed E-state index contributed by atoms with van der Waals surface area (Å²) in [5.41, 5.74) is 0.385. The maximum Gasteiger partial charge on any atom is 0.251 e. The minimum Gasteiger partial charge on any atom is -0.467 e. The van der Waals surface area contributed by atoms with E-state index in [-0.39, 0.29) is 22.9 Å². The second-order valence-electron chi connectivity index (χ2n) is 5.67. The summed E-state index contributed by atoms with van der Waals surface area (Å²) in [7, 11) is -3.57. The molecule has 0 saturated heterocycles. The molecule has 0 aliphatic carbocycles. The Kier molecular flexibility index (Phi) is 5.80. The molecule has 0 aliphatic rings. The van der Waals surface area contributed by atoms with Crippen molar-refractivity contribution in [3.8, 4) is 0 Å². The highest BCUT2D eigenvalue weighted by atomic mass is 32.2. The van der Waals surface area contributed by atoms with Crippen molar-refractivity contribution in [1.29, 1.82) is 0 Å². The fraction of sp³-hybridized carbons (Fsp3) is 0.353. The molecule has 1 heterocycles. The lowest BCUT2D eigenvalue weighted by Gasteiger charge is -2.13. The number of furan rings is 1. The molecule has 2 rings (SSSR count). The van der Waals surface area contributed by atoms with E-state index in [2.05, 4.69) is 10.0 Å². The maximum absolute atomic E-state index is 12.2. The number of hydrogen-bond donors (Lipinski definition) is 2. The third-order valence-electron chi connectivity index (χ3n) is 3.71. The average Bonchev–Trinajstić information content (AvgIpc) is 3.09. The van der Waals surface area contributed by atoms with E-state index in [1.807, 2.05) is 13.8 Å². The van der Waals surface area contributed by atoms with Gasteiger partial charge in [-0.15, -0.1) is 0 Å². The minimum absolute atomic E-state index is 0.137. The number of rotatable bonds is 7. The van der Waals surface area contributed by atoms with Crippen LogP contribution in [0.5, 0.6) is 0 Å². The Balaban J connectivity index is 2.07. The molecule has 130 valence electrons. The average molecular weight is 350 g/mol. The normalized spacial score (nSPS) is 14.1. The molecule has 0 aliphatic heterocycles. The summed E-state index contributed by atoms with van der Waals surface area (Å²) in [4.78, 5) is 12.4. The van der Waals surface area contributed by atoms with Crippen molar-refractivity contribution in [2.24, 2.45) is 0 Å². The van der Waals surface area contributed by atoms with E-state index in [9.17, 15) is 13.2 Å². The van der Waals surface area contributed by atoms with Gasteiger partial charge in [-0.25, -0.2) is 13.1 Å². The van der Waals surface area contributed by atoms with Crippen molar-refractivity contribution in [1.82, 2.24) is 10.0 Å². The molecular weight excluding hydrogens is 328 g/mol. The molecule has 1 aromatic heterocycles. The first-order valence-corrected chi connectivity index (χ1v) is 9.28. The van der Waals surface area contributed by atoms with Gasteiger partial charge in [0.25, 0.3) is 5.91 Å². The molecule has 2 atom stereocenters. The Labute approximate surface area is 142 Å². The maximum atomic E-state index is 12.2. The third kappa shape index (κ3) is 4.46. The summed E-state index contributed by atoms with van der Waals surface area (Å²) in [6.07, 6.45) is 2.24. The number of sulfonamides is 1. The van der Waals surface area contributed by atoms with Gasteiger partial charge in [-0.1, -0.05) is 6.92 Å². The molecule has 2 aromatic rings. The topological polar surface area (TPSA) is 88.4 Å². The van der Waals surface area contributed by atoms with Crippen molar-refractivity contribution in [2.75, 3.05) is 0 Å². The van der Waals surface area contributed by atoms with Crippen molar-refractivity contribution in [3.05, 3.63) is 54.0 Å². The SMILES string of the molecule is CC[C@H](C)NS(=O)(=O)c1ccc(C(=O)N[C@H](C)c2ccco2)cc1. The summed E-state index contributed by atoms with van der Waals surface area (Å²) < 4.78 is 32.2. The van der Waals surface area contributed by atoms with Gasteiger partial charge in [-0.2, -0.15) is 0 Å². The lowest BCUT2D eigenvalue weighted by atomic mass is 10.2. The summed E-state index contributed by atoms with van der Waals surface area (Å²) in [5, 5.41) is 2.80. The predicted octanol–water partition coefficient (Wildman–Crippen LogP) is 2.85. The van der Waals surface area contributed by atoms with Gasteiger partial charge in [-0.3, -0.25) is 4.79 Å². The van der Waals surface area contributed by atoms with Crippen molar-refractivity contribution in [3.63, 3.8) is 0 Å². The van der Waals surface area contributed by atoms with E-state index in [0.717, 1.165) is 0 Å². The largest absolute Gasteiger partial charge is 0.467 e. The van der Waals surface area contributed by atoms with Gasteiger partial charge in [0.2, 0.25) is 10.0 Å². The molecule has 0 unspecified atom stereocenters. The number of hydrogen-bond acceptors (Lipinski definition) is 4. The third-order valence-corrected chi connectivity index (χ3v) is 5.32. The zero-order valence-electron chi connectivity index (χ0n) is 13.9. The van der Waals surface area contributed by atoms with E-state index < -0.39 is 10.0 Å². The summed E-state index contributed by atoms with van der Waals surface area (Å²) >= 11 is 0. The smallest absolute Gasteiger partial charge is 0.251 e. The summed E-state index contributed by atoms with van der Waals surface area (Å²) in [6, 6.07) is 8.96. The molecule has 1 aromatic carbocycles. The van der Waals surface area contributed by atoms with Crippen LogP contribution in [-0.4, -0.2) is 20.4 Å². The van der Waals surface area contributed by atoms with E-state index in [1.54, 1.807) is 25.3 Å². The van der Waals surface area contributed by atoms with E-state index in [4.69, 9.17) is 4.42 Å². The van der Waals surface area contributed by atoms with Crippen LogP contribution in [0.25, 0.3) is 0 Å². The molecule has 0 bridgehead atoms. The van der Waals surface area contributed by atoms with Crippen LogP contribution in [0.4, 0.5) is 0 Å². The van der Waals surface area contributed by atoms with Crippen LogP contribution in [0.1, 0.15) is 49.4 Å². The highest BCUT2D eigenvalue weighted by molar-refractivity contribution is 7.89. The van der Waals surface area contributed by atoms with Gasteiger partial charge in [0.1, 0.15) is 5.76 Å². The Bertz CT molecular complexity index is 767. The molecule has 2 N–H and O–H groups in total. The first-order valence-electron chi connectivity index (χ1n) is 7.80. The summed E-state index contributed by atoms with van der Waals surface area (Å²) in [5.74, 6) is 0.359. The minimum atomic E-state index is -3.57. The molecule has 6 nitrogen and oxygen atoms in total. The Hall–Kier alpha value is -2.12. The Morgan fingerprint density at radius 2 is 1.83 bits per heavy atom. The first kappa shape index (κ1) is 18.2. The van der Waals surface area contributed by atoms with Gasteiger partial charge in [-0.05, 0) is 56.7 Å². The highest BCUT2D eigenvalue weighted by Crippen LogP contribution is 2.15. The Morgan fingerprint density at radius 1 is 1.17 bits per heavy atom. The van der Waals surface area contributed by atoms with E-state index in [0.29, 0.717) is 17.7 Å². The molecular formula is C17H22N2O4S. The van der Waals surface area contributed by atoms with Crippen LogP contribution in [0.2, 0.25) is 0 Å². The first-order chi connectivity index (χ1) is 11.3. The van der Waals surface area contributed by atoms with Crippen molar-refractivity contribution >= 4 is 15.9 Å². The van der Waals surface area contributed by atoms with Crippen molar-refractivity contribution in [2.45, 2.75) is 44.2 Å². The van der Waals surface area contributed by atoms with E-state index in [1.165, 1.54) is 24.3 Å². The number of carbonyl (C=O) groups excluding carboxylic acids is 1. The second-order valence-corrected chi connectivity index (χ2v) is 7.38. The van der Waals surface area contributed by atoms with Crippen LogP contribution in [0.3, 0.4) is 0 Å². The molecule has 0 saturated carbocycles. The van der Waals surface area contributed by atoms with Gasteiger partial charge in [0.15, 0.2) is 0 Å². The Morgan fingerprint density at radius 3 is 2.38 bits per heavy atom. The number of amides is 1. The standard InChI is InChI=1S/C17H22N2O4S/c1-4-12(2)19-24(21,22)15-9-7-14(8-10-15)17(20)18-13(3)16-6-5-11-23-16/h5-13,19H,4H2,1-3H3,(H,18,20)/t12-,13+/m0/s1. The second kappa shape index (κ2) is 7.63. The fourth-order valence-electron chi connectivity index (χ4n) is 2.09. The van der Waals surface area contributed by atoms with Crippen LogP contribution < -0.4 is 10.0 Å². The lowest BCUT2D eigenvalue weighted by molar-refractivity contribution is 0.0935. The van der Waals surface area contributed by atoms with Gasteiger partial charge in [0, 0.05) is 11.6 Å². The molecule has 0 fully saturated rings. The van der Waals surface area contributed by atoms with Crippen molar-refractivity contribution < 1.29 is 17.6 Å². The molecule has 0 spiro atoms. The lowest BCUT2D eigenvalue weighted by Crippen LogP contribution is -2.32. The quantitative estimate of drug-likeness (QED) is 0.804. The number of nitrogens with one attached hydrogen (secondary N) is 2. The van der Waals surface area contributed by atoms with Crippen LogP contribution >= 0.6 is 0 Å². The van der Waals surface area contributed by atoms with Crippen LogP contribution in [-0.2, 0) is 10.0 Å². The van der Waals surface area contributed by atoms with E-state index >= 15 is 0 Å². The highest BCUT2D eigenvalue weighted by Gasteiger charge is 2.18. The monoisotopic (exact) mass is 350 g/mol. The number of benzene rings is 1. The zero-order valence-corrected chi connectivity index (χ0v) is 14.8. The van der Waals surface area contributed by atoms with Gasteiger partial charge >= 0.3 is 0 Å². The summed E-state index contributed by atoms with van der Waals surface area (Å²) in [6.45, 7) is 5.52. The molecule has 7 heteroatoms. The molecule has 24 heavy (non-hydrogen) atoms. The van der Waals surface area contributed by atoms with Crippen LogP contribution in [0, 0.1) is 0 Å². The van der Waals surface area contributed by atoms with Gasteiger partial charge in [0.05, 0.1) is 17.2 Å². The predicted molar refractivity (Wildman–Crippen MR) is 91.1 cm³/mol. The van der Waals surface area contributed by atoms with Gasteiger partial charge < -0.3 is 9.73 Å². The molecule has 0 radical (unpaired) electrons.